The Hall–Kier alpha value is -3.53. The Morgan fingerprint density at radius 3 is 2.60 bits per heavy atom. The molecule has 0 bridgehead atoms. The molecule has 1 heterocycles. The van der Waals surface area contributed by atoms with Gasteiger partial charge in [0, 0.05) is 11.3 Å². The number of aldehydes is 1. The molecule has 0 radical (unpaired) electrons. The Balaban J connectivity index is 2.23. The first-order chi connectivity index (χ1) is 14.2. The molecular formula is C26H28N2O2. The molecule has 0 aliphatic heterocycles. The summed E-state index contributed by atoms with van der Waals surface area (Å²) >= 11 is 0. The maximum Gasteiger partial charge on any atom is 0.154 e. The van der Waals surface area contributed by atoms with E-state index in [0.29, 0.717) is 33.6 Å². The average Bonchev–Trinajstić information content (AvgIpc) is 2.96. The molecule has 30 heavy (non-hydrogen) atoms. The van der Waals surface area contributed by atoms with Crippen LogP contribution in [0.3, 0.4) is 0 Å². The third-order valence-electron chi connectivity index (χ3n) is 5.44. The molecule has 154 valence electrons. The van der Waals surface area contributed by atoms with Crippen LogP contribution >= 0.6 is 0 Å². The van der Waals surface area contributed by atoms with Gasteiger partial charge in [0.15, 0.2) is 6.29 Å². The molecule has 0 atom stereocenters. The minimum absolute atomic E-state index is 0.130. The lowest BCUT2D eigenvalue weighted by molar-refractivity contribution is 0.112. The molecule has 0 aliphatic carbocycles. The van der Waals surface area contributed by atoms with Gasteiger partial charge in [0.25, 0.3) is 0 Å². The normalized spacial score (nSPS) is 12.6. The maximum atomic E-state index is 11.6. The number of phenolic OH excluding ortho intramolecular Hbond substituents is 1. The van der Waals surface area contributed by atoms with Gasteiger partial charge < -0.3 is 10.8 Å². The van der Waals surface area contributed by atoms with Crippen molar-refractivity contribution in [3.05, 3.63) is 81.4 Å². The number of nitrogens with zero attached hydrogens (tertiary/aromatic N) is 1. The smallest absolute Gasteiger partial charge is 0.154 e. The largest absolute Gasteiger partial charge is 0.508 e. The highest BCUT2D eigenvalue weighted by Crippen LogP contribution is 2.23. The third-order valence-corrected chi connectivity index (χ3v) is 5.44. The van der Waals surface area contributed by atoms with E-state index in [0.717, 1.165) is 23.0 Å². The molecule has 0 fully saturated rings. The van der Waals surface area contributed by atoms with Crippen LogP contribution in [-0.2, 0) is 0 Å². The molecule has 0 spiro atoms. The second kappa shape index (κ2) is 8.46. The third kappa shape index (κ3) is 3.94. The van der Waals surface area contributed by atoms with E-state index in [9.17, 15) is 9.90 Å². The van der Waals surface area contributed by atoms with Crippen LogP contribution in [0.1, 0.15) is 53.7 Å². The fraction of sp³-hybridized carbons (Fsp3) is 0.192. The van der Waals surface area contributed by atoms with Gasteiger partial charge >= 0.3 is 0 Å². The van der Waals surface area contributed by atoms with E-state index in [2.05, 4.69) is 51.6 Å². The Kier molecular flexibility index (Phi) is 5.97. The molecule has 3 rings (SSSR count). The number of allylic oxidation sites excluding steroid dienone is 2. The van der Waals surface area contributed by atoms with Crippen molar-refractivity contribution >= 4 is 30.3 Å². The Labute approximate surface area is 177 Å². The first-order valence-corrected chi connectivity index (χ1v) is 9.97. The molecule has 3 aromatic rings. The van der Waals surface area contributed by atoms with E-state index in [1.807, 2.05) is 25.1 Å². The summed E-state index contributed by atoms with van der Waals surface area (Å²) in [5.41, 5.74) is 11.8. The highest BCUT2D eigenvalue weighted by molar-refractivity contribution is 5.84. The number of hydrogen-bond acceptors (Lipinski definition) is 3. The van der Waals surface area contributed by atoms with E-state index in [4.69, 9.17) is 5.73 Å². The van der Waals surface area contributed by atoms with Crippen molar-refractivity contribution in [3.8, 4) is 11.4 Å². The van der Waals surface area contributed by atoms with E-state index in [1.54, 1.807) is 16.7 Å². The molecule has 4 heteroatoms. The van der Waals surface area contributed by atoms with Crippen LogP contribution in [0.25, 0.3) is 23.9 Å². The van der Waals surface area contributed by atoms with Gasteiger partial charge in [0.1, 0.15) is 11.6 Å². The van der Waals surface area contributed by atoms with Crippen LogP contribution in [0.2, 0.25) is 0 Å². The quantitative estimate of drug-likeness (QED) is 0.627. The SMILES string of the molecule is C=c1c(C=O)c(N)n(-c2cc(O)ccc2C)/c1=C/C=C(\C)c1cccc(C(C)C)c1. The Morgan fingerprint density at radius 2 is 1.93 bits per heavy atom. The van der Waals surface area contributed by atoms with Crippen molar-refractivity contribution in [3.63, 3.8) is 0 Å². The number of nitrogens with two attached hydrogens (primary N) is 1. The lowest BCUT2D eigenvalue weighted by Gasteiger charge is -2.11. The average molecular weight is 401 g/mol. The van der Waals surface area contributed by atoms with Crippen molar-refractivity contribution in [1.29, 1.82) is 0 Å². The van der Waals surface area contributed by atoms with Gasteiger partial charge in [-0.3, -0.25) is 9.36 Å². The maximum absolute atomic E-state index is 11.6. The molecule has 1 aromatic heterocycles. The van der Waals surface area contributed by atoms with Crippen LogP contribution < -0.4 is 16.3 Å². The number of rotatable bonds is 5. The predicted molar refractivity (Wildman–Crippen MR) is 125 cm³/mol. The Morgan fingerprint density at radius 1 is 1.20 bits per heavy atom. The lowest BCUT2D eigenvalue weighted by atomic mass is 9.98. The summed E-state index contributed by atoms with van der Waals surface area (Å²) in [6, 6.07) is 13.6. The molecule has 2 aromatic carbocycles. The first-order valence-electron chi connectivity index (χ1n) is 9.97. The highest BCUT2D eigenvalue weighted by Gasteiger charge is 2.14. The summed E-state index contributed by atoms with van der Waals surface area (Å²) in [6.45, 7) is 12.4. The molecular weight excluding hydrogens is 372 g/mol. The zero-order chi connectivity index (χ0) is 22.0. The van der Waals surface area contributed by atoms with Gasteiger partial charge in [-0.25, -0.2) is 0 Å². The monoisotopic (exact) mass is 400 g/mol. The van der Waals surface area contributed by atoms with Gasteiger partial charge in [0.05, 0.1) is 16.6 Å². The molecule has 3 N–H and O–H groups in total. The summed E-state index contributed by atoms with van der Waals surface area (Å²) in [4.78, 5) is 11.6. The number of carbonyl (C=O) groups is 1. The van der Waals surface area contributed by atoms with Crippen LogP contribution in [0.4, 0.5) is 5.82 Å². The summed E-state index contributed by atoms with van der Waals surface area (Å²) in [5, 5.41) is 11.3. The first kappa shape index (κ1) is 21.2. The van der Waals surface area contributed by atoms with Crippen molar-refractivity contribution in [2.24, 2.45) is 0 Å². The van der Waals surface area contributed by atoms with Crippen LogP contribution in [0.5, 0.6) is 5.75 Å². The fourth-order valence-electron chi connectivity index (χ4n) is 3.53. The number of nitrogen functional groups attached to an aromatic ring is 1. The topological polar surface area (TPSA) is 68.2 Å². The number of anilines is 1. The standard InChI is InChI=1S/C26H28N2O2/c1-16(2)20-7-6-8-21(13-20)17(3)10-12-24-19(5)23(15-29)26(27)28(24)25-14-22(30)11-9-18(25)4/h6-16,30H,5,27H2,1-4H3/b17-10+,24-12+. The van der Waals surface area contributed by atoms with Crippen LogP contribution in [0, 0.1) is 6.92 Å². The number of aromatic hydroxyl groups is 1. The summed E-state index contributed by atoms with van der Waals surface area (Å²) in [7, 11) is 0. The van der Waals surface area contributed by atoms with Gasteiger partial charge in [0.2, 0.25) is 0 Å². The fourth-order valence-corrected chi connectivity index (χ4v) is 3.53. The predicted octanol–water partition coefficient (Wildman–Crippen LogP) is 4.30. The molecule has 0 saturated carbocycles. The Bertz CT molecular complexity index is 1250. The van der Waals surface area contributed by atoms with Crippen LogP contribution in [0.15, 0.2) is 48.5 Å². The minimum Gasteiger partial charge on any atom is -0.508 e. The van der Waals surface area contributed by atoms with Crippen LogP contribution in [-0.4, -0.2) is 16.0 Å². The summed E-state index contributed by atoms with van der Waals surface area (Å²) in [5.74, 6) is 0.891. The lowest BCUT2D eigenvalue weighted by Crippen LogP contribution is -2.28. The number of phenols is 1. The number of aromatic nitrogens is 1. The number of hydrogen-bond donors (Lipinski definition) is 2. The minimum atomic E-state index is 0.130. The highest BCUT2D eigenvalue weighted by atomic mass is 16.3. The molecule has 0 aliphatic rings. The number of benzene rings is 2. The molecule has 0 saturated heterocycles. The van der Waals surface area contributed by atoms with Gasteiger partial charge in [-0.05, 0) is 54.2 Å². The van der Waals surface area contributed by atoms with Crippen molar-refractivity contribution in [1.82, 2.24) is 4.57 Å². The summed E-state index contributed by atoms with van der Waals surface area (Å²) < 4.78 is 1.77. The molecule has 4 nitrogen and oxygen atoms in total. The number of carbonyl (C=O) groups excluding carboxylic acids is 1. The van der Waals surface area contributed by atoms with Crippen molar-refractivity contribution < 1.29 is 9.90 Å². The van der Waals surface area contributed by atoms with E-state index in [1.165, 1.54) is 5.56 Å². The molecule has 0 amide bonds. The van der Waals surface area contributed by atoms with E-state index in [-0.39, 0.29) is 5.75 Å². The van der Waals surface area contributed by atoms with E-state index < -0.39 is 0 Å². The van der Waals surface area contributed by atoms with Crippen molar-refractivity contribution in [2.45, 2.75) is 33.6 Å². The van der Waals surface area contributed by atoms with E-state index >= 15 is 0 Å². The second-order valence-corrected chi connectivity index (χ2v) is 7.88. The van der Waals surface area contributed by atoms with Gasteiger partial charge in [-0.15, -0.1) is 0 Å². The summed E-state index contributed by atoms with van der Waals surface area (Å²) in [6.07, 6.45) is 4.66. The van der Waals surface area contributed by atoms with Crippen molar-refractivity contribution in [2.75, 3.05) is 5.73 Å². The second-order valence-electron chi connectivity index (χ2n) is 7.88. The van der Waals surface area contributed by atoms with Gasteiger partial charge in [-0.1, -0.05) is 56.8 Å². The zero-order valence-corrected chi connectivity index (χ0v) is 17.9. The molecule has 0 unspecified atom stereocenters. The van der Waals surface area contributed by atoms with Gasteiger partial charge in [-0.2, -0.15) is 0 Å². The number of aryl methyl sites for hydroxylation is 1. The zero-order valence-electron chi connectivity index (χ0n) is 17.9.